The normalized spacial score (nSPS) is 12.2. The first kappa shape index (κ1) is 16.1. The largest absolute Gasteiger partial charge is 0.387 e. The Balaban J connectivity index is 2.41. The van der Waals surface area contributed by atoms with Gasteiger partial charge in [0.1, 0.15) is 0 Å². The standard InChI is InChI=1S/C13H19N3O4/c1-9(2)15-13(18)8-14-7-12(17)10-3-5-11(6-4-10)16(19)20/h3-6,9,12,14,17H,7-8H2,1-2H3,(H,15,18). The molecule has 3 N–H and O–H groups in total. The SMILES string of the molecule is CC(C)NC(=O)CNCC(O)c1ccc([N+](=O)[O-])cc1. The summed E-state index contributed by atoms with van der Waals surface area (Å²) in [6.45, 7) is 4.04. The molecule has 0 fully saturated rings. The van der Waals surface area contributed by atoms with Crippen LogP contribution in [0.3, 0.4) is 0 Å². The number of nitro groups is 1. The number of nitrogens with zero attached hydrogens (tertiary/aromatic N) is 1. The Morgan fingerprint density at radius 1 is 1.35 bits per heavy atom. The third-order valence-corrected chi connectivity index (χ3v) is 2.56. The first-order valence-electron chi connectivity index (χ1n) is 6.32. The predicted molar refractivity (Wildman–Crippen MR) is 74.2 cm³/mol. The Kier molecular flexibility index (Phi) is 6.08. The number of amides is 1. The Bertz CT molecular complexity index is 459. The maximum atomic E-state index is 11.4. The van der Waals surface area contributed by atoms with Gasteiger partial charge in [-0.25, -0.2) is 0 Å². The molecule has 7 heteroatoms. The fourth-order valence-electron chi connectivity index (χ4n) is 1.63. The molecule has 0 aromatic heterocycles. The lowest BCUT2D eigenvalue weighted by atomic mass is 10.1. The fourth-order valence-corrected chi connectivity index (χ4v) is 1.63. The summed E-state index contributed by atoms with van der Waals surface area (Å²) in [5, 5.41) is 25.9. The predicted octanol–water partition coefficient (Wildman–Crippen LogP) is 0.742. The van der Waals surface area contributed by atoms with E-state index in [2.05, 4.69) is 10.6 Å². The molecule has 0 saturated carbocycles. The molecule has 0 spiro atoms. The van der Waals surface area contributed by atoms with Crippen molar-refractivity contribution in [2.45, 2.75) is 26.0 Å². The molecule has 1 amide bonds. The van der Waals surface area contributed by atoms with E-state index < -0.39 is 11.0 Å². The van der Waals surface area contributed by atoms with E-state index in [0.717, 1.165) is 0 Å². The number of hydrogen-bond donors (Lipinski definition) is 3. The smallest absolute Gasteiger partial charge is 0.269 e. The van der Waals surface area contributed by atoms with E-state index in [-0.39, 0.29) is 30.7 Å². The van der Waals surface area contributed by atoms with E-state index in [1.807, 2.05) is 13.8 Å². The first-order valence-corrected chi connectivity index (χ1v) is 6.32. The summed E-state index contributed by atoms with van der Waals surface area (Å²) in [6.07, 6.45) is -0.817. The van der Waals surface area contributed by atoms with Crippen molar-refractivity contribution in [3.63, 3.8) is 0 Å². The van der Waals surface area contributed by atoms with Gasteiger partial charge in [-0.3, -0.25) is 14.9 Å². The van der Waals surface area contributed by atoms with Gasteiger partial charge in [-0.1, -0.05) is 0 Å². The monoisotopic (exact) mass is 281 g/mol. The summed E-state index contributed by atoms with van der Waals surface area (Å²) in [5.74, 6) is -0.143. The summed E-state index contributed by atoms with van der Waals surface area (Å²) in [5.41, 5.74) is 0.539. The van der Waals surface area contributed by atoms with Crippen LogP contribution in [0.4, 0.5) is 5.69 Å². The Hall–Kier alpha value is -1.99. The van der Waals surface area contributed by atoms with Crippen molar-refractivity contribution < 1.29 is 14.8 Å². The molecule has 1 aromatic carbocycles. The van der Waals surface area contributed by atoms with Crippen molar-refractivity contribution in [3.05, 3.63) is 39.9 Å². The summed E-state index contributed by atoms with van der Waals surface area (Å²) in [4.78, 5) is 21.4. The number of nitrogens with one attached hydrogen (secondary N) is 2. The van der Waals surface area contributed by atoms with Crippen LogP contribution in [-0.4, -0.2) is 35.1 Å². The molecule has 1 atom stereocenters. The molecule has 0 heterocycles. The Morgan fingerprint density at radius 3 is 2.45 bits per heavy atom. The highest BCUT2D eigenvalue weighted by Gasteiger charge is 2.11. The van der Waals surface area contributed by atoms with Gasteiger partial charge in [0.2, 0.25) is 5.91 Å². The first-order chi connectivity index (χ1) is 9.40. The molecule has 0 bridgehead atoms. The van der Waals surface area contributed by atoms with Gasteiger partial charge in [0.25, 0.3) is 5.69 Å². The van der Waals surface area contributed by atoms with Gasteiger partial charge in [-0.15, -0.1) is 0 Å². The number of rotatable bonds is 7. The van der Waals surface area contributed by atoms with Crippen LogP contribution in [0.1, 0.15) is 25.5 Å². The third kappa shape index (κ3) is 5.33. The molecule has 0 aliphatic rings. The highest BCUT2D eigenvalue weighted by atomic mass is 16.6. The number of aliphatic hydroxyl groups is 1. The molecular weight excluding hydrogens is 262 g/mol. The highest BCUT2D eigenvalue weighted by molar-refractivity contribution is 5.78. The van der Waals surface area contributed by atoms with E-state index in [0.29, 0.717) is 5.56 Å². The summed E-state index contributed by atoms with van der Waals surface area (Å²) in [6, 6.07) is 5.75. The van der Waals surface area contributed by atoms with Gasteiger partial charge in [0, 0.05) is 24.7 Å². The average Bonchev–Trinajstić information content (AvgIpc) is 2.37. The number of carbonyl (C=O) groups excluding carboxylic acids is 1. The zero-order valence-corrected chi connectivity index (χ0v) is 11.5. The molecule has 20 heavy (non-hydrogen) atoms. The minimum Gasteiger partial charge on any atom is -0.387 e. The minimum absolute atomic E-state index is 0.0229. The van der Waals surface area contributed by atoms with Crippen molar-refractivity contribution in [2.24, 2.45) is 0 Å². The topological polar surface area (TPSA) is 104 Å². The number of hydrogen-bond acceptors (Lipinski definition) is 5. The van der Waals surface area contributed by atoms with Gasteiger partial charge in [-0.05, 0) is 31.5 Å². The maximum absolute atomic E-state index is 11.4. The molecule has 0 aliphatic heterocycles. The number of nitro benzene ring substituents is 1. The molecule has 0 saturated heterocycles. The second kappa shape index (κ2) is 7.56. The molecule has 0 radical (unpaired) electrons. The summed E-state index contributed by atoms with van der Waals surface area (Å²) < 4.78 is 0. The van der Waals surface area contributed by atoms with E-state index in [4.69, 9.17) is 0 Å². The van der Waals surface area contributed by atoms with Gasteiger partial charge in [0.15, 0.2) is 0 Å². The van der Waals surface area contributed by atoms with E-state index >= 15 is 0 Å². The maximum Gasteiger partial charge on any atom is 0.269 e. The van der Waals surface area contributed by atoms with E-state index in [1.54, 1.807) is 0 Å². The van der Waals surface area contributed by atoms with E-state index in [9.17, 15) is 20.0 Å². The second-order valence-corrected chi connectivity index (χ2v) is 4.72. The van der Waals surface area contributed by atoms with Gasteiger partial charge < -0.3 is 15.7 Å². The zero-order valence-electron chi connectivity index (χ0n) is 11.5. The van der Waals surface area contributed by atoms with Crippen molar-refractivity contribution >= 4 is 11.6 Å². The van der Waals surface area contributed by atoms with Gasteiger partial charge in [0.05, 0.1) is 17.6 Å². The lowest BCUT2D eigenvalue weighted by Gasteiger charge is -2.13. The number of carbonyl (C=O) groups is 1. The van der Waals surface area contributed by atoms with E-state index in [1.165, 1.54) is 24.3 Å². The highest BCUT2D eigenvalue weighted by Crippen LogP contribution is 2.17. The number of aliphatic hydroxyl groups excluding tert-OH is 1. The molecule has 0 aliphatic carbocycles. The molecule has 1 rings (SSSR count). The number of benzene rings is 1. The van der Waals surface area contributed by atoms with Crippen LogP contribution in [0.2, 0.25) is 0 Å². The molecular formula is C13H19N3O4. The van der Waals surface area contributed by atoms with Crippen LogP contribution in [-0.2, 0) is 4.79 Å². The third-order valence-electron chi connectivity index (χ3n) is 2.56. The minimum atomic E-state index is -0.817. The van der Waals surface area contributed by atoms with Crippen LogP contribution in [0.15, 0.2) is 24.3 Å². The van der Waals surface area contributed by atoms with Crippen molar-refractivity contribution in [1.82, 2.24) is 10.6 Å². The molecule has 1 unspecified atom stereocenters. The van der Waals surface area contributed by atoms with Crippen LogP contribution in [0, 0.1) is 10.1 Å². The Morgan fingerprint density at radius 2 is 1.95 bits per heavy atom. The number of non-ortho nitro benzene ring substituents is 1. The molecule has 7 nitrogen and oxygen atoms in total. The lowest BCUT2D eigenvalue weighted by Crippen LogP contribution is -2.38. The summed E-state index contributed by atoms with van der Waals surface area (Å²) >= 11 is 0. The average molecular weight is 281 g/mol. The van der Waals surface area contributed by atoms with Gasteiger partial charge in [-0.2, -0.15) is 0 Å². The van der Waals surface area contributed by atoms with Crippen molar-refractivity contribution in [2.75, 3.05) is 13.1 Å². The quantitative estimate of drug-likeness (QED) is 0.505. The zero-order chi connectivity index (χ0) is 15.1. The second-order valence-electron chi connectivity index (χ2n) is 4.72. The van der Waals surface area contributed by atoms with Crippen molar-refractivity contribution in [1.29, 1.82) is 0 Å². The van der Waals surface area contributed by atoms with Gasteiger partial charge >= 0.3 is 0 Å². The fraction of sp³-hybridized carbons (Fsp3) is 0.462. The van der Waals surface area contributed by atoms with Crippen LogP contribution >= 0.6 is 0 Å². The van der Waals surface area contributed by atoms with Crippen LogP contribution < -0.4 is 10.6 Å². The molecule has 1 aromatic rings. The Labute approximate surface area is 117 Å². The van der Waals surface area contributed by atoms with Crippen LogP contribution in [0.5, 0.6) is 0 Å². The van der Waals surface area contributed by atoms with Crippen LogP contribution in [0.25, 0.3) is 0 Å². The lowest BCUT2D eigenvalue weighted by molar-refractivity contribution is -0.384. The summed E-state index contributed by atoms with van der Waals surface area (Å²) in [7, 11) is 0. The van der Waals surface area contributed by atoms with Crippen molar-refractivity contribution in [3.8, 4) is 0 Å². The molecule has 110 valence electrons.